The van der Waals surface area contributed by atoms with Gasteiger partial charge in [0.15, 0.2) is 0 Å². The van der Waals surface area contributed by atoms with E-state index in [1.165, 1.54) is 29.5 Å². The molecule has 0 atom stereocenters. The number of hydrogen-bond donors (Lipinski definition) is 1. The number of anilines is 1. The van der Waals surface area contributed by atoms with E-state index in [9.17, 15) is 18.5 Å². The molecule has 7 nitrogen and oxygen atoms in total. The summed E-state index contributed by atoms with van der Waals surface area (Å²) in [6, 6.07) is 11.8. The van der Waals surface area contributed by atoms with Crippen molar-refractivity contribution >= 4 is 32.7 Å². The number of sulfonamides is 1. The standard InChI is InChI=1S/C16H13N3O4S2/c1-11-17-16(10-24-11)14-7-2-3-8-15(14)18-25(22,23)13-6-4-5-12(9-13)19(20)21/h2-10,18H,1H3. The number of aryl methyl sites for hydroxylation is 1. The Labute approximate surface area is 148 Å². The summed E-state index contributed by atoms with van der Waals surface area (Å²) >= 11 is 1.46. The lowest BCUT2D eigenvalue weighted by atomic mass is 10.1. The van der Waals surface area contributed by atoms with Crippen LogP contribution in [0.4, 0.5) is 11.4 Å². The minimum absolute atomic E-state index is 0.175. The summed E-state index contributed by atoms with van der Waals surface area (Å²) in [5, 5.41) is 13.6. The second-order valence-corrected chi connectivity index (χ2v) is 7.90. The van der Waals surface area contributed by atoms with E-state index in [0.717, 1.165) is 11.1 Å². The number of non-ortho nitro benzene ring substituents is 1. The van der Waals surface area contributed by atoms with E-state index >= 15 is 0 Å². The highest BCUT2D eigenvalue weighted by atomic mass is 32.2. The van der Waals surface area contributed by atoms with Gasteiger partial charge in [0.1, 0.15) is 0 Å². The highest BCUT2D eigenvalue weighted by Gasteiger charge is 2.19. The predicted octanol–water partition coefficient (Wildman–Crippen LogP) is 3.83. The molecule has 0 bridgehead atoms. The molecule has 0 saturated heterocycles. The van der Waals surface area contributed by atoms with E-state index in [2.05, 4.69) is 9.71 Å². The zero-order valence-electron chi connectivity index (χ0n) is 13.0. The molecule has 25 heavy (non-hydrogen) atoms. The maximum Gasteiger partial charge on any atom is 0.270 e. The van der Waals surface area contributed by atoms with Crippen LogP contribution in [-0.4, -0.2) is 18.3 Å². The van der Waals surface area contributed by atoms with E-state index < -0.39 is 14.9 Å². The van der Waals surface area contributed by atoms with Gasteiger partial charge in [-0.2, -0.15) is 0 Å². The Morgan fingerprint density at radius 1 is 1.16 bits per heavy atom. The SMILES string of the molecule is Cc1nc(-c2ccccc2NS(=O)(=O)c2cccc([N+](=O)[O-])c2)cs1. The van der Waals surface area contributed by atoms with Crippen molar-refractivity contribution in [1.82, 2.24) is 4.98 Å². The van der Waals surface area contributed by atoms with Gasteiger partial charge in [0.25, 0.3) is 15.7 Å². The third-order valence-corrected chi connectivity index (χ3v) is 5.54. The molecule has 0 radical (unpaired) electrons. The molecule has 128 valence electrons. The largest absolute Gasteiger partial charge is 0.279 e. The van der Waals surface area contributed by atoms with Gasteiger partial charge in [-0.25, -0.2) is 13.4 Å². The van der Waals surface area contributed by atoms with E-state index in [-0.39, 0.29) is 10.6 Å². The minimum Gasteiger partial charge on any atom is -0.279 e. The zero-order chi connectivity index (χ0) is 18.0. The molecule has 1 N–H and O–H groups in total. The number of rotatable bonds is 5. The summed E-state index contributed by atoms with van der Waals surface area (Å²) in [7, 11) is -3.97. The zero-order valence-corrected chi connectivity index (χ0v) is 14.7. The number of hydrogen-bond acceptors (Lipinski definition) is 6. The van der Waals surface area contributed by atoms with Crippen LogP contribution in [0.3, 0.4) is 0 Å². The van der Waals surface area contributed by atoms with E-state index in [1.807, 2.05) is 12.3 Å². The van der Waals surface area contributed by atoms with Crippen LogP contribution < -0.4 is 4.72 Å². The van der Waals surface area contributed by atoms with Gasteiger partial charge in [0.2, 0.25) is 0 Å². The van der Waals surface area contributed by atoms with Crippen molar-refractivity contribution in [2.75, 3.05) is 4.72 Å². The van der Waals surface area contributed by atoms with E-state index in [1.54, 1.807) is 24.3 Å². The lowest BCUT2D eigenvalue weighted by Crippen LogP contribution is -2.13. The Bertz CT molecular complexity index is 1040. The lowest BCUT2D eigenvalue weighted by Gasteiger charge is -2.11. The molecule has 2 aromatic carbocycles. The fourth-order valence-electron chi connectivity index (χ4n) is 2.25. The molecular formula is C16H13N3O4S2. The molecule has 0 aliphatic rings. The van der Waals surface area contributed by atoms with Gasteiger partial charge in [0.05, 0.1) is 26.2 Å². The first-order valence-electron chi connectivity index (χ1n) is 7.15. The van der Waals surface area contributed by atoms with Crippen molar-refractivity contribution in [2.45, 2.75) is 11.8 Å². The molecule has 3 aromatic rings. The van der Waals surface area contributed by atoms with Gasteiger partial charge in [0, 0.05) is 23.1 Å². The summed E-state index contributed by atoms with van der Waals surface area (Å²) in [6.07, 6.45) is 0. The van der Waals surface area contributed by atoms with Crippen LogP contribution in [0.2, 0.25) is 0 Å². The number of nitro benzene ring substituents is 1. The van der Waals surface area contributed by atoms with Crippen molar-refractivity contribution in [2.24, 2.45) is 0 Å². The molecule has 3 rings (SSSR count). The Kier molecular flexibility index (Phi) is 4.51. The van der Waals surface area contributed by atoms with Gasteiger partial charge >= 0.3 is 0 Å². The van der Waals surface area contributed by atoms with Crippen molar-refractivity contribution in [3.05, 3.63) is 69.0 Å². The van der Waals surface area contributed by atoms with Crippen LogP contribution in [0.1, 0.15) is 5.01 Å². The van der Waals surface area contributed by atoms with Crippen molar-refractivity contribution in [3.63, 3.8) is 0 Å². The lowest BCUT2D eigenvalue weighted by molar-refractivity contribution is -0.385. The Hall–Kier alpha value is -2.78. The minimum atomic E-state index is -3.97. The maximum atomic E-state index is 12.6. The summed E-state index contributed by atoms with van der Waals surface area (Å²) in [5.41, 5.74) is 1.38. The molecule has 0 saturated carbocycles. The van der Waals surface area contributed by atoms with Gasteiger partial charge in [-0.15, -0.1) is 11.3 Å². The molecule has 1 aromatic heterocycles. The fraction of sp³-hybridized carbons (Fsp3) is 0.0625. The second-order valence-electron chi connectivity index (χ2n) is 5.16. The number of nitro groups is 1. The third-order valence-electron chi connectivity index (χ3n) is 3.41. The van der Waals surface area contributed by atoms with Gasteiger partial charge in [-0.1, -0.05) is 24.3 Å². The van der Waals surface area contributed by atoms with Gasteiger partial charge in [-0.3, -0.25) is 14.8 Å². The summed E-state index contributed by atoms with van der Waals surface area (Å²) in [6.45, 7) is 1.87. The van der Waals surface area contributed by atoms with Crippen molar-refractivity contribution in [1.29, 1.82) is 0 Å². The molecule has 0 aliphatic heterocycles. The first-order valence-corrected chi connectivity index (χ1v) is 9.52. The maximum absolute atomic E-state index is 12.6. The molecule has 0 aliphatic carbocycles. The Balaban J connectivity index is 2.00. The van der Waals surface area contributed by atoms with Crippen molar-refractivity contribution in [3.8, 4) is 11.3 Å². The smallest absolute Gasteiger partial charge is 0.270 e. The monoisotopic (exact) mass is 375 g/mol. The predicted molar refractivity (Wildman–Crippen MR) is 96.2 cm³/mol. The number of aromatic nitrogens is 1. The van der Waals surface area contributed by atoms with Gasteiger partial charge in [-0.05, 0) is 19.1 Å². The summed E-state index contributed by atoms with van der Waals surface area (Å²) in [4.78, 5) is 14.4. The normalized spacial score (nSPS) is 11.2. The van der Waals surface area contributed by atoms with Crippen LogP contribution in [-0.2, 0) is 10.0 Å². The van der Waals surface area contributed by atoms with Gasteiger partial charge < -0.3 is 0 Å². The van der Waals surface area contributed by atoms with E-state index in [4.69, 9.17) is 0 Å². The molecule has 0 unspecified atom stereocenters. The second kappa shape index (κ2) is 6.61. The van der Waals surface area contributed by atoms with E-state index in [0.29, 0.717) is 16.9 Å². The van der Waals surface area contributed by atoms with Crippen LogP contribution in [0.15, 0.2) is 58.8 Å². The quantitative estimate of drug-likeness (QED) is 0.539. The first kappa shape index (κ1) is 17.1. The van der Waals surface area contributed by atoms with Crippen LogP contribution in [0, 0.1) is 17.0 Å². The molecule has 9 heteroatoms. The highest BCUT2D eigenvalue weighted by Crippen LogP contribution is 2.30. The summed E-state index contributed by atoms with van der Waals surface area (Å²) in [5.74, 6) is 0. The molecule has 1 heterocycles. The fourth-order valence-corrected chi connectivity index (χ4v) is 3.98. The number of nitrogens with zero attached hydrogens (tertiary/aromatic N) is 2. The Morgan fingerprint density at radius 3 is 2.60 bits per heavy atom. The number of nitrogens with one attached hydrogen (secondary N) is 1. The molecule has 0 fully saturated rings. The highest BCUT2D eigenvalue weighted by molar-refractivity contribution is 7.92. The summed E-state index contributed by atoms with van der Waals surface area (Å²) < 4.78 is 27.7. The van der Waals surface area contributed by atoms with Crippen LogP contribution >= 0.6 is 11.3 Å². The number of benzene rings is 2. The van der Waals surface area contributed by atoms with Crippen LogP contribution in [0.5, 0.6) is 0 Å². The topological polar surface area (TPSA) is 102 Å². The molecule has 0 spiro atoms. The number of para-hydroxylation sites is 1. The Morgan fingerprint density at radius 2 is 1.92 bits per heavy atom. The number of thiazole rings is 1. The van der Waals surface area contributed by atoms with Crippen LogP contribution in [0.25, 0.3) is 11.3 Å². The van der Waals surface area contributed by atoms with Crippen molar-refractivity contribution < 1.29 is 13.3 Å². The average molecular weight is 375 g/mol. The molecule has 0 amide bonds. The average Bonchev–Trinajstić information content (AvgIpc) is 3.01. The molecular weight excluding hydrogens is 362 g/mol. The third kappa shape index (κ3) is 3.67. The first-order chi connectivity index (χ1) is 11.9.